The maximum atomic E-state index is 11.4. The van der Waals surface area contributed by atoms with Crippen LogP contribution in [-0.4, -0.2) is 23.0 Å². The van der Waals surface area contributed by atoms with Gasteiger partial charge in [-0.15, -0.1) is 0 Å². The minimum Gasteiger partial charge on any atom is -0.494 e. The molecule has 5 nitrogen and oxygen atoms in total. The predicted octanol–water partition coefficient (Wildman–Crippen LogP) is 1.89. The monoisotopic (exact) mass is 253 g/mol. The van der Waals surface area contributed by atoms with E-state index >= 15 is 0 Å². The molecule has 0 aliphatic carbocycles. The van der Waals surface area contributed by atoms with Crippen molar-refractivity contribution in [3.8, 4) is 5.75 Å². The van der Waals surface area contributed by atoms with Gasteiger partial charge in [0.2, 0.25) is 0 Å². The van der Waals surface area contributed by atoms with Crippen LogP contribution < -0.4 is 10.5 Å². The Labute approximate surface area is 109 Å². The highest BCUT2D eigenvalue weighted by atomic mass is 16.5. The molecule has 2 N–H and O–H groups in total. The summed E-state index contributed by atoms with van der Waals surface area (Å²) in [5.41, 5.74) is 8.18. The van der Waals surface area contributed by atoms with Crippen molar-refractivity contribution in [3.63, 3.8) is 0 Å². The first-order valence-corrected chi connectivity index (χ1v) is 5.74. The van der Waals surface area contributed by atoms with Gasteiger partial charge in [0, 0.05) is 0 Å². The number of ether oxygens (including phenoxy) is 1. The quantitative estimate of drug-likeness (QED) is 0.707. The summed E-state index contributed by atoms with van der Waals surface area (Å²) in [6.45, 7) is 0. The van der Waals surface area contributed by atoms with Crippen molar-refractivity contribution in [3.05, 3.63) is 42.0 Å². The van der Waals surface area contributed by atoms with Crippen LogP contribution in [0, 0.1) is 0 Å². The summed E-state index contributed by atoms with van der Waals surface area (Å²) >= 11 is 0. The molecule has 94 valence electrons. The number of aromatic nitrogens is 2. The van der Waals surface area contributed by atoms with Crippen LogP contribution in [0.2, 0.25) is 0 Å². The van der Waals surface area contributed by atoms with Crippen molar-refractivity contribution in [2.45, 2.75) is 0 Å². The summed E-state index contributed by atoms with van der Waals surface area (Å²) in [5.74, 6) is 0.0975. The molecule has 0 saturated heterocycles. The summed E-state index contributed by atoms with van der Waals surface area (Å²) < 4.78 is 5.26. The highest BCUT2D eigenvalue weighted by Crippen LogP contribution is 2.25. The number of hydrogen-bond acceptors (Lipinski definition) is 4. The Hall–Kier alpha value is -2.69. The fraction of sp³-hybridized carbons (Fsp3) is 0.0714. The lowest BCUT2D eigenvalue weighted by Crippen LogP contribution is -2.12. The number of carbonyl (C=O) groups excluding carboxylic acids is 1. The third-order valence-electron chi connectivity index (χ3n) is 2.94. The molecule has 0 saturated carbocycles. The van der Waals surface area contributed by atoms with Gasteiger partial charge in [0.1, 0.15) is 16.8 Å². The van der Waals surface area contributed by atoms with Crippen molar-refractivity contribution < 1.29 is 9.53 Å². The number of hydrogen-bond donors (Lipinski definition) is 1. The number of primary amides is 1. The Morgan fingerprint density at radius 3 is 2.42 bits per heavy atom. The molecule has 2 aromatic carbocycles. The lowest BCUT2D eigenvalue weighted by atomic mass is 10.1. The number of nitrogens with two attached hydrogens (primary N) is 1. The Bertz CT molecular complexity index is 799. The fourth-order valence-electron chi connectivity index (χ4n) is 2.06. The maximum Gasteiger partial charge on any atom is 0.250 e. The Morgan fingerprint density at radius 2 is 1.74 bits per heavy atom. The molecule has 0 aliphatic heterocycles. The Morgan fingerprint density at radius 1 is 1.05 bits per heavy atom. The highest BCUT2D eigenvalue weighted by Gasteiger charge is 2.11. The zero-order valence-electron chi connectivity index (χ0n) is 10.3. The molecule has 3 rings (SSSR count). The third kappa shape index (κ3) is 1.76. The molecule has 0 unspecified atom stereocenters. The van der Waals surface area contributed by atoms with Gasteiger partial charge in [0.05, 0.1) is 23.7 Å². The Kier molecular flexibility index (Phi) is 2.52. The first-order chi connectivity index (χ1) is 9.20. The van der Waals surface area contributed by atoms with Crippen LogP contribution in [-0.2, 0) is 0 Å². The zero-order valence-corrected chi connectivity index (χ0v) is 10.3. The molecule has 1 amide bonds. The number of benzene rings is 2. The van der Waals surface area contributed by atoms with Gasteiger partial charge < -0.3 is 10.5 Å². The molecule has 0 bridgehead atoms. The van der Waals surface area contributed by atoms with E-state index in [1.807, 2.05) is 12.1 Å². The van der Waals surface area contributed by atoms with Crippen molar-refractivity contribution in [1.29, 1.82) is 0 Å². The van der Waals surface area contributed by atoms with Gasteiger partial charge in [-0.1, -0.05) is 12.1 Å². The van der Waals surface area contributed by atoms with Gasteiger partial charge in [0.25, 0.3) is 5.91 Å². The second-order valence-corrected chi connectivity index (χ2v) is 4.09. The van der Waals surface area contributed by atoms with Crippen molar-refractivity contribution in [2.24, 2.45) is 5.73 Å². The van der Waals surface area contributed by atoms with E-state index in [9.17, 15) is 4.79 Å². The number of rotatable bonds is 2. The van der Waals surface area contributed by atoms with E-state index in [1.54, 1.807) is 31.4 Å². The summed E-state index contributed by atoms with van der Waals surface area (Å²) in [6, 6.07) is 10.7. The summed E-state index contributed by atoms with van der Waals surface area (Å²) in [6.07, 6.45) is 0. The summed E-state index contributed by atoms with van der Waals surface area (Å²) in [5, 5.41) is 0. The fourth-order valence-corrected chi connectivity index (χ4v) is 2.06. The summed E-state index contributed by atoms with van der Waals surface area (Å²) in [7, 11) is 1.57. The number of para-hydroxylation sites is 2. The second-order valence-electron chi connectivity index (χ2n) is 4.09. The number of amides is 1. The zero-order chi connectivity index (χ0) is 13.4. The molecule has 0 aliphatic rings. The number of fused-ring (bicyclic) bond motifs is 2. The van der Waals surface area contributed by atoms with Gasteiger partial charge in [0.15, 0.2) is 0 Å². The van der Waals surface area contributed by atoms with Gasteiger partial charge in [-0.25, -0.2) is 9.97 Å². The highest BCUT2D eigenvalue weighted by molar-refractivity contribution is 6.05. The summed E-state index contributed by atoms with van der Waals surface area (Å²) in [4.78, 5) is 20.4. The molecular formula is C14H11N3O2. The lowest BCUT2D eigenvalue weighted by Gasteiger charge is -2.07. The second kappa shape index (κ2) is 4.20. The van der Waals surface area contributed by atoms with Crippen molar-refractivity contribution in [1.82, 2.24) is 9.97 Å². The molecule has 0 fully saturated rings. The Balaban J connectivity index is 2.46. The van der Waals surface area contributed by atoms with Crippen LogP contribution in [0.15, 0.2) is 36.4 Å². The van der Waals surface area contributed by atoms with E-state index in [0.717, 1.165) is 0 Å². The SMILES string of the molecule is COc1cccc2nc3cccc(C(N)=O)c3nc12. The smallest absolute Gasteiger partial charge is 0.250 e. The topological polar surface area (TPSA) is 78.1 Å². The minimum absolute atomic E-state index is 0.359. The molecule has 19 heavy (non-hydrogen) atoms. The molecule has 0 atom stereocenters. The molecule has 0 radical (unpaired) electrons. The molecule has 0 spiro atoms. The van der Waals surface area contributed by atoms with Crippen LogP contribution in [0.5, 0.6) is 5.75 Å². The largest absolute Gasteiger partial charge is 0.494 e. The lowest BCUT2D eigenvalue weighted by molar-refractivity contribution is 0.100. The van der Waals surface area contributed by atoms with Gasteiger partial charge in [-0.3, -0.25) is 4.79 Å². The molecule has 5 heteroatoms. The maximum absolute atomic E-state index is 11.4. The minimum atomic E-state index is -0.519. The number of nitrogens with zero attached hydrogens (tertiary/aromatic N) is 2. The molecular weight excluding hydrogens is 242 g/mol. The first-order valence-electron chi connectivity index (χ1n) is 5.74. The van der Waals surface area contributed by atoms with E-state index in [4.69, 9.17) is 10.5 Å². The van der Waals surface area contributed by atoms with E-state index in [2.05, 4.69) is 9.97 Å². The van der Waals surface area contributed by atoms with Crippen LogP contribution in [0.1, 0.15) is 10.4 Å². The van der Waals surface area contributed by atoms with Crippen LogP contribution >= 0.6 is 0 Å². The molecule has 1 heterocycles. The van der Waals surface area contributed by atoms with Gasteiger partial charge >= 0.3 is 0 Å². The van der Waals surface area contributed by atoms with Crippen molar-refractivity contribution >= 4 is 28.0 Å². The number of carbonyl (C=O) groups is 1. The molecule has 3 aromatic rings. The predicted molar refractivity (Wildman–Crippen MR) is 72.1 cm³/mol. The number of methoxy groups -OCH3 is 1. The van der Waals surface area contributed by atoms with E-state index in [-0.39, 0.29) is 0 Å². The normalized spacial score (nSPS) is 10.8. The van der Waals surface area contributed by atoms with Gasteiger partial charge in [-0.2, -0.15) is 0 Å². The molecule has 1 aromatic heterocycles. The van der Waals surface area contributed by atoms with E-state index in [0.29, 0.717) is 33.4 Å². The average Bonchev–Trinajstić information content (AvgIpc) is 2.43. The standard InChI is InChI=1S/C14H11N3O2/c1-19-11-7-3-6-10-13(11)17-12-8(14(15)18)4-2-5-9(12)16-10/h2-7H,1H3,(H2,15,18). The first kappa shape index (κ1) is 11.4. The van der Waals surface area contributed by atoms with E-state index in [1.165, 1.54) is 0 Å². The third-order valence-corrected chi connectivity index (χ3v) is 2.94. The van der Waals surface area contributed by atoms with Crippen LogP contribution in [0.25, 0.3) is 22.1 Å². The van der Waals surface area contributed by atoms with Gasteiger partial charge in [-0.05, 0) is 24.3 Å². The average molecular weight is 253 g/mol. The van der Waals surface area contributed by atoms with Crippen molar-refractivity contribution in [2.75, 3.05) is 7.11 Å². The van der Waals surface area contributed by atoms with Crippen LogP contribution in [0.4, 0.5) is 0 Å². The van der Waals surface area contributed by atoms with Crippen LogP contribution in [0.3, 0.4) is 0 Å². The van der Waals surface area contributed by atoms with E-state index < -0.39 is 5.91 Å².